The van der Waals surface area contributed by atoms with Crippen LogP contribution in [-0.2, 0) is 5.41 Å². The fourth-order valence-electron chi connectivity index (χ4n) is 5.67. The fourth-order valence-corrected chi connectivity index (χ4v) is 5.67. The van der Waals surface area contributed by atoms with E-state index in [2.05, 4.69) is 109 Å². The Bertz CT molecular complexity index is 1730. The van der Waals surface area contributed by atoms with Gasteiger partial charge >= 0.3 is 0 Å². The molecule has 2 heterocycles. The predicted octanol–water partition coefficient (Wildman–Crippen LogP) is 7.55. The molecule has 0 fully saturated rings. The maximum absolute atomic E-state index is 5.22. The van der Waals surface area contributed by atoms with Crippen LogP contribution < -0.4 is 0 Å². The molecule has 162 valence electrons. The van der Waals surface area contributed by atoms with E-state index >= 15 is 0 Å². The van der Waals surface area contributed by atoms with Gasteiger partial charge in [-0.05, 0) is 23.3 Å². The molecule has 2 aromatic heterocycles. The van der Waals surface area contributed by atoms with Crippen LogP contribution in [0.25, 0.3) is 50.1 Å². The molecule has 0 aliphatic heterocycles. The standard InChI is InChI=1S/C31H23N3/c1-31(2)24-17-9-6-14-21(24)27-23-16-8-11-19-26(23)34(29(27)31)30-32-25-18-10-7-15-22(25)28(33-30)20-12-4-3-5-13-20/h3-19H,1-2H3. The first kappa shape index (κ1) is 19.2. The van der Waals surface area contributed by atoms with Crippen molar-refractivity contribution >= 4 is 21.8 Å². The summed E-state index contributed by atoms with van der Waals surface area (Å²) in [5, 5.41) is 2.31. The smallest absolute Gasteiger partial charge is 0.235 e. The number of hydrogen-bond acceptors (Lipinski definition) is 2. The molecule has 6 aromatic rings. The highest BCUT2D eigenvalue weighted by molar-refractivity contribution is 6.03. The van der Waals surface area contributed by atoms with Gasteiger partial charge in [0.15, 0.2) is 0 Å². The molecule has 1 aliphatic rings. The van der Waals surface area contributed by atoms with Gasteiger partial charge in [-0.1, -0.05) is 105 Å². The summed E-state index contributed by atoms with van der Waals surface area (Å²) in [5.74, 6) is 0.718. The Morgan fingerprint density at radius 2 is 1.32 bits per heavy atom. The van der Waals surface area contributed by atoms with Gasteiger partial charge in [0.05, 0.1) is 16.7 Å². The first-order valence-electron chi connectivity index (χ1n) is 11.7. The van der Waals surface area contributed by atoms with Crippen LogP contribution in [0.5, 0.6) is 0 Å². The lowest BCUT2D eigenvalue weighted by atomic mass is 9.85. The number of nitrogens with zero attached hydrogens (tertiary/aromatic N) is 3. The lowest BCUT2D eigenvalue weighted by Gasteiger charge is -2.24. The van der Waals surface area contributed by atoms with Crippen LogP contribution in [0.15, 0.2) is 103 Å². The highest BCUT2D eigenvalue weighted by Gasteiger charge is 2.41. The van der Waals surface area contributed by atoms with E-state index in [1.54, 1.807) is 0 Å². The largest absolute Gasteiger partial charge is 0.281 e. The van der Waals surface area contributed by atoms with Crippen LogP contribution in [0, 0.1) is 0 Å². The Morgan fingerprint density at radius 3 is 2.18 bits per heavy atom. The van der Waals surface area contributed by atoms with Crippen LogP contribution in [-0.4, -0.2) is 14.5 Å². The minimum Gasteiger partial charge on any atom is -0.281 e. The predicted molar refractivity (Wildman–Crippen MR) is 139 cm³/mol. The van der Waals surface area contributed by atoms with E-state index in [1.165, 1.54) is 27.8 Å². The lowest BCUT2D eigenvalue weighted by molar-refractivity contribution is 0.618. The average Bonchev–Trinajstić information content (AvgIpc) is 3.35. The molecule has 0 bridgehead atoms. The summed E-state index contributed by atoms with van der Waals surface area (Å²) in [4.78, 5) is 10.3. The van der Waals surface area contributed by atoms with Gasteiger partial charge in [0.25, 0.3) is 0 Å². The van der Waals surface area contributed by atoms with Gasteiger partial charge in [0, 0.05) is 33.0 Å². The first-order valence-corrected chi connectivity index (χ1v) is 11.7. The maximum Gasteiger partial charge on any atom is 0.235 e. The van der Waals surface area contributed by atoms with E-state index in [0.717, 1.165) is 33.6 Å². The summed E-state index contributed by atoms with van der Waals surface area (Å²) >= 11 is 0. The molecular formula is C31H23N3. The molecule has 3 nitrogen and oxygen atoms in total. The fraction of sp³-hybridized carbons (Fsp3) is 0.0968. The molecule has 0 amide bonds. The minimum atomic E-state index is -0.174. The van der Waals surface area contributed by atoms with Crippen molar-refractivity contribution in [2.75, 3.05) is 0 Å². The third-order valence-corrected chi connectivity index (χ3v) is 7.18. The number of benzene rings is 4. The van der Waals surface area contributed by atoms with Gasteiger partial charge in [-0.2, -0.15) is 0 Å². The zero-order valence-electron chi connectivity index (χ0n) is 19.2. The lowest BCUT2D eigenvalue weighted by Crippen LogP contribution is -2.21. The van der Waals surface area contributed by atoms with Crippen LogP contribution in [0.4, 0.5) is 0 Å². The van der Waals surface area contributed by atoms with Crippen LogP contribution in [0.3, 0.4) is 0 Å². The topological polar surface area (TPSA) is 30.7 Å². The number of rotatable bonds is 2. The Labute approximate surface area is 198 Å². The van der Waals surface area contributed by atoms with Gasteiger partial charge in [-0.3, -0.25) is 4.57 Å². The van der Waals surface area contributed by atoms with E-state index in [-0.39, 0.29) is 5.41 Å². The Balaban J connectivity index is 1.62. The second-order valence-electron chi connectivity index (χ2n) is 9.50. The molecule has 0 N–H and O–H groups in total. The third-order valence-electron chi connectivity index (χ3n) is 7.18. The van der Waals surface area contributed by atoms with Crippen molar-refractivity contribution in [3.63, 3.8) is 0 Å². The summed E-state index contributed by atoms with van der Waals surface area (Å²) in [6.07, 6.45) is 0. The molecular weight excluding hydrogens is 414 g/mol. The molecule has 3 heteroatoms. The van der Waals surface area contributed by atoms with Crippen molar-refractivity contribution in [1.82, 2.24) is 14.5 Å². The third kappa shape index (κ3) is 2.52. The average molecular weight is 438 g/mol. The molecule has 0 atom stereocenters. The molecule has 4 aromatic carbocycles. The number of para-hydroxylation sites is 2. The molecule has 0 unspecified atom stereocenters. The van der Waals surface area contributed by atoms with Crippen molar-refractivity contribution in [2.45, 2.75) is 19.3 Å². The molecule has 0 saturated carbocycles. The van der Waals surface area contributed by atoms with E-state index in [9.17, 15) is 0 Å². The molecule has 0 spiro atoms. The minimum absolute atomic E-state index is 0.174. The summed E-state index contributed by atoms with van der Waals surface area (Å²) in [7, 11) is 0. The summed E-state index contributed by atoms with van der Waals surface area (Å²) in [6.45, 7) is 4.62. The van der Waals surface area contributed by atoms with Gasteiger partial charge in [0.1, 0.15) is 0 Å². The van der Waals surface area contributed by atoms with Crippen molar-refractivity contribution < 1.29 is 0 Å². The Hall–Kier alpha value is -4.24. The van der Waals surface area contributed by atoms with E-state index in [4.69, 9.17) is 9.97 Å². The summed E-state index contributed by atoms with van der Waals surface area (Å²) < 4.78 is 2.30. The Kier molecular flexibility index (Phi) is 3.89. The van der Waals surface area contributed by atoms with Crippen LogP contribution in [0.1, 0.15) is 25.1 Å². The highest BCUT2D eigenvalue weighted by atomic mass is 15.2. The number of fused-ring (bicyclic) bond motifs is 6. The van der Waals surface area contributed by atoms with Crippen molar-refractivity contribution in [1.29, 1.82) is 0 Å². The second-order valence-corrected chi connectivity index (χ2v) is 9.50. The molecule has 1 aliphatic carbocycles. The van der Waals surface area contributed by atoms with Crippen molar-refractivity contribution in [2.24, 2.45) is 0 Å². The van der Waals surface area contributed by atoms with Crippen molar-refractivity contribution in [3.05, 3.63) is 114 Å². The van der Waals surface area contributed by atoms with Gasteiger partial charge < -0.3 is 0 Å². The number of aromatic nitrogens is 3. The number of hydrogen-bond donors (Lipinski definition) is 0. The quantitative estimate of drug-likeness (QED) is 0.280. The van der Waals surface area contributed by atoms with Gasteiger partial charge in [0.2, 0.25) is 5.95 Å². The van der Waals surface area contributed by atoms with E-state index in [1.807, 2.05) is 12.1 Å². The summed E-state index contributed by atoms with van der Waals surface area (Å²) in [6, 6.07) is 36.1. The highest BCUT2D eigenvalue weighted by Crippen LogP contribution is 2.53. The maximum atomic E-state index is 5.22. The van der Waals surface area contributed by atoms with Gasteiger partial charge in [-0.15, -0.1) is 0 Å². The van der Waals surface area contributed by atoms with Gasteiger partial charge in [-0.25, -0.2) is 9.97 Å². The monoisotopic (exact) mass is 437 g/mol. The van der Waals surface area contributed by atoms with E-state index in [0.29, 0.717) is 0 Å². The zero-order chi connectivity index (χ0) is 22.9. The van der Waals surface area contributed by atoms with E-state index < -0.39 is 0 Å². The zero-order valence-corrected chi connectivity index (χ0v) is 19.2. The SMILES string of the molecule is CC1(C)c2ccccc2-c2c1n(-c1nc(-c3ccccc3)c3ccccc3n1)c1ccccc21. The van der Waals surface area contributed by atoms with Crippen LogP contribution in [0.2, 0.25) is 0 Å². The molecule has 34 heavy (non-hydrogen) atoms. The molecule has 7 rings (SSSR count). The second kappa shape index (κ2) is 6.88. The molecule has 0 saturated heterocycles. The molecule has 0 radical (unpaired) electrons. The van der Waals surface area contributed by atoms with Crippen molar-refractivity contribution in [3.8, 4) is 28.3 Å². The Morgan fingerprint density at radius 1 is 0.647 bits per heavy atom. The summed E-state index contributed by atoms with van der Waals surface area (Å²) in [5.41, 5.74) is 9.19. The first-order chi connectivity index (χ1) is 16.6. The normalized spacial score (nSPS) is 13.8. The van der Waals surface area contributed by atoms with Crippen LogP contribution >= 0.6 is 0 Å².